The minimum Gasteiger partial charge on any atom is -0.393 e. The summed E-state index contributed by atoms with van der Waals surface area (Å²) in [6.45, 7) is 6.32. The zero-order chi connectivity index (χ0) is 11.3. The molecule has 0 aliphatic carbocycles. The van der Waals surface area contributed by atoms with Gasteiger partial charge in [0.15, 0.2) is 0 Å². The van der Waals surface area contributed by atoms with Crippen molar-refractivity contribution < 1.29 is 5.11 Å². The molecule has 0 amide bonds. The van der Waals surface area contributed by atoms with Crippen LogP contribution in [0.15, 0.2) is 30.3 Å². The first-order chi connectivity index (χ1) is 6.99. The molecule has 0 fully saturated rings. The Bertz CT molecular complexity index is 275. The fourth-order valence-corrected chi connectivity index (χ4v) is 2.03. The lowest BCUT2D eigenvalue weighted by molar-refractivity contribution is 0.124. The maximum absolute atomic E-state index is 9.39. The normalized spacial score (nSPS) is 13.9. The molecule has 1 aromatic rings. The second kappa shape index (κ2) is 5.32. The van der Waals surface area contributed by atoms with Gasteiger partial charge in [0.05, 0.1) is 6.10 Å². The van der Waals surface area contributed by atoms with E-state index >= 15 is 0 Å². The molecule has 0 aliphatic heterocycles. The van der Waals surface area contributed by atoms with E-state index in [2.05, 4.69) is 38.1 Å². The van der Waals surface area contributed by atoms with Crippen LogP contribution in [-0.2, 0) is 6.42 Å². The Balaban J connectivity index is 2.42. The molecule has 84 valence electrons. The third-order valence-corrected chi connectivity index (χ3v) is 2.78. The number of aliphatic hydroxyl groups excluding tert-OH is 1. The van der Waals surface area contributed by atoms with Crippen LogP contribution >= 0.6 is 0 Å². The molecule has 1 unspecified atom stereocenters. The first-order valence-corrected chi connectivity index (χ1v) is 5.72. The SMILES string of the molecule is CC(O)CC(C)(C)CCc1ccccc1. The van der Waals surface area contributed by atoms with Crippen molar-refractivity contribution in [2.45, 2.75) is 46.1 Å². The molecule has 15 heavy (non-hydrogen) atoms. The van der Waals surface area contributed by atoms with Gasteiger partial charge in [-0.1, -0.05) is 44.2 Å². The molecule has 1 atom stereocenters. The highest BCUT2D eigenvalue weighted by Crippen LogP contribution is 2.28. The van der Waals surface area contributed by atoms with E-state index in [9.17, 15) is 5.11 Å². The van der Waals surface area contributed by atoms with E-state index in [4.69, 9.17) is 0 Å². The van der Waals surface area contributed by atoms with Gasteiger partial charge >= 0.3 is 0 Å². The van der Waals surface area contributed by atoms with Crippen LogP contribution in [0.1, 0.15) is 39.2 Å². The first-order valence-electron chi connectivity index (χ1n) is 5.72. The third kappa shape index (κ3) is 4.98. The molecular formula is C14H22O. The summed E-state index contributed by atoms with van der Waals surface area (Å²) in [5.74, 6) is 0. The van der Waals surface area contributed by atoms with Gasteiger partial charge in [-0.05, 0) is 37.2 Å². The largest absolute Gasteiger partial charge is 0.393 e. The molecule has 1 N–H and O–H groups in total. The minimum absolute atomic E-state index is 0.198. The summed E-state index contributed by atoms with van der Waals surface area (Å²) in [5.41, 5.74) is 1.61. The number of hydrogen-bond donors (Lipinski definition) is 1. The Hall–Kier alpha value is -0.820. The number of rotatable bonds is 5. The van der Waals surface area contributed by atoms with E-state index in [1.807, 2.05) is 13.0 Å². The van der Waals surface area contributed by atoms with Gasteiger partial charge in [-0.25, -0.2) is 0 Å². The second-order valence-electron chi connectivity index (χ2n) is 5.20. The number of aliphatic hydroxyl groups is 1. The Morgan fingerprint density at radius 1 is 1.20 bits per heavy atom. The standard InChI is InChI=1S/C14H22O/c1-12(15)11-14(2,3)10-9-13-7-5-4-6-8-13/h4-8,12,15H,9-11H2,1-3H3. The highest BCUT2D eigenvalue weighted by Gasteiger charge is 2.19. The predicted octanol–water partition coefficient (Wildman–Crippen LogP) is 3.42. The van der Waals surface area contributed by atoms with E-state index < -0.39 is 0 Å². The van der Waals surface area contributed by atoms with E-state index in [1.54, 1.807) is 0 Å². The Morgan fingerprint density at radius 3 is 2.33 bits per heavy atom. The van der Waals surface area contributed by atoms with Crippen LogP contribution in [0.4, 0.5) is 0 Å². The van der Waals surface area contributed by atoms with Gasteiger partial charge in [-0.2, -0.15) is 0 Å². The van der Waals surface area contributed by atoms with Gasteiger partial charge in [0.2, 0.25) is 0 Å². The van der Waals surface area contributed by atoms with Crippen molar-refractivity contribution in [2.75, 3.05) is 0 Å². The summed E-state index contributed by atoms with van der Waals surface area (Å²) in [7, 11) is 0. The van der Waals surface area contributed by atoms with Crippen molar-refractivity contribution >= 4 is 0 Å². The summed E-state index contributed by atoms with van der Waals surface area (Å²) in [6, 6.07) is 10.5. The molecule has 1 aromatic carbocycles. The average Bonchev–Trinajstić information content (AvgIpc) is 2.15. The molecule has 1 nitrogen and oxygen atoms in total. The topological polar surface area (TPSA) is 20.2 Å². The van der Waals surface area contributed by atoms with Gasteiger partial charge in [-0.3, -0.25) is 0 Å². The Morgan fingerprint density at radius 2 is 1.80 bits per heavy atom. The van der Waals surface area contributed by atoms with Crippen molar-refractivity contribution in [1.29, 1.82) is 0 Å². The molecule has 0 heterocycles. The van der Waals surface area contributed by atoms with Crippen molar-refractivity contribution in [3.63, 3.8) is 0 Å². The average molecular weight is 206 g/mol. The molecule has 0 radical (unpaired) electrons. The van der Waals surface area contributed by atoms with E-state index in [0.717, 1.165) is 19.3 Å². The van der Waals surface area contributed by atoms with E-state index in [0.29, 0.717) is 0 Å². The lowest BCUT2D eigenvalue weighted by Gasteiger charge is -2.26. The summed E-state index contributed by atoms with van der Waals surface area (Å²) >= 11 is 0. The van der Waals surface area contributed by atoms with Crippen LogP contribution < -0.4 is 0 Å². The maximum atomic E-state index is 9.39. The molecular weight excluding hydrogens is 184 g/mol. The summed E-state index contributed by atoms with van der Waals surface area (Å²) < 4.78 is 0. The van der Waals surface area contributed by atoms with Crippen LogP contribution in [0, 0.1) is 5.41 Å². The van der Waals surface area contributed by atoms with Crippen molar-refractivity contribution in [3.05, 3.63) is 35.9 Å². The number of benzene rings is 1. The quantitative estimate of drug-likeness (QED) is 0.782. The lowest BCUT2D eigenvalue weighted by Crippen LogP contribution is -2.19. The monoisotopic (exact) mass is 206 g/mol. The smallest absolute Gasteiger partial charge is 0.0517 e. The molecule has 0 saturated carbocycles. The van der Waals surface area contributed by atoms with Crippen molar-refractivity contribution in [1.82, 2.24) is 0 Å². The highest BCUT2D eigenvalue weighted by molar-refractivity contribution is 5.14. The molecule has 0 spiro atoms. The fraction of sp³-hybridized carbons (Fsp3) is 0.571. The fourth-order valence-electron chi connectivity index (χ4n) is 2.03. The highest BCUT2D eigenvalue weighted by atomic mass is 16.3. The third-order valence-electron chi connectivity index (χ3n) is 2.78. The van der Waals surface area contributed by atoms with E-state index in [-0.39, 0.29) is 11.5 Å². The molecule has 0 saturated heterocycles. The summed E-state index contributed by atoms with van der Waals surface area (Å²) in [6.07, 6.45) is 2.90. The zero-order valence-electron chi connectivity index (χ0n) is 10.0. The molecule has 1 rings (SSSR count). The molecule has 0 aliphatic rings. The molecule has 0 bridgehead atoms. The first kappa shape index (κ1) is 12.3. The van der Waals surface area contributed by atoms with Gasteiger partial charge in [-0.15, -0.1) is 0 Å². The zero-order valence-corrected chi connectivity index (χ0v) is 10.0. The van der Waals surface area contributed by atoms with Crippen LogP contribution in [0.2, 0.25) is 0 Å². The summed E-state index contributed by atoms with van der Waals surface area (Å²) in [5, 5.41) is 9.39. The van der Waals surface area contributed by atoms with Crippen LogP contribution in [-0.4, -0.2) is 11.2 Å². The lowest BCUT2D eigenvalue weighted by atomic mass is 9.81. The molecule has 1 heteroatoms. The Kier molecular flexibility index (Phi) is 4.34. The molecule has 0 aromatic heterocycles. The Labute approximate surface area is 93.1 Å². The van der Waals surface area contributed by atoms with E-state index in [1.165, 1.54) is 5.56 Å². The van der Waals surface area contributed by atoms with Gasteiger partial charge in [0.25, 0.3) is 0 Å². The van der Waals surface area contributed by atoms with Crippen LogP contribution in [0.5, 0.6) is 0 Å². The van der Waals surface area contributed by atoms with Gasteiger partial charge in [0.1, 0.15) is 0 Å². The van der Waals surface area contributed by atoms with Gasteiger partial charge < -0.3 is 5.11 Å². The summed E-state index contributed by atoms with van der Waals surface area (Å²) in [4.78, 5) is 0. The van der Waals surface area contributed by atoms with Crippen LogP contribution in [0.3, 0.4) is 0 Å². The van der Waals surface area contributed by atoms with Crippen molar-refractivity contribution in [3.8, 4) is 0 Å². The van der Waals surface area contributed by atoms with Gasteiger partial charge in [0, 0.05) is 0 Å². The van der Waals surface area contributed by atoms with Crippen molar-refractivity contribution in [2.24, 2.45) is 5.41 Å². The second-order valence-corrected chi connectivity index (χ2v) is 5.20. The van der Waals surface area contributed by atoms with Crippen LogP contribution in [0.25, 0.3) is 0 Å². The predicted molar refractivity (Wildman–Crippen MR) is 64.8 cm³/mol. The number of hydrogen-bond acceptors (Lipinski definition) is 1. The number of aryl methyl sites for hydroxylation is 1. The maximum Gasteiger partial charge on any atom is 0.0517 e. The minimum atomic E-state index is -0.198.